The van der Waals surface area contributed by atoms with Gasteiger partial charge in [0, 0.05) is 41.0 Å². The van der Waals surface area contributed by atoms with Crippen molar-refractivity contribution in [3.63, 3.8) is 0 Å². The van der Waals surface area contributed by atoms with Crippen LogP contribution in [-0.2, 0) is 0 Å². The summed E-state index contributed by atoms with van der Waals surface area (Å²) < 4.78 is 0. The number of rotatable bonds is 7. The van der Waals surface area contributed by atoms with E-state index < -0.39 is 0 Å². The third kappa shape index (κ3) is 6.22. The molecule has 2 aliphatic rings. The van der Waals surface area contributed by atoms with E-state index in [1.165, 1.54) is 0 Å². The average Bonchev–Trinajstić information content (AvgIpc) is 3.40. The van der Waals surface area contributed by atoms with Gasteiger partial charge in [-0.05, 0) is 116 Å². The van der Waals surface area contributed by atoms with Crippen molar-refractivity contribution >= 4 is 52.0 Å². The molecule has 2 aromatic heterocycles. The zero-order chi connectivity index (χ0) is 30.1. The van der Waals surface area contributed by atoms with E-state index in [2.05, 4.69) is 29.4 Å². The van der Waals surface area contributed by atoms with Gasteiger partial charge in [0.25, 0.3) is 11.8 Å². The van der Waals surface area contributed by atoms with Gasteiger partial charge in [-0.3, -0.25) is 19.4 Å². The second-order valence-corrected chi connectivity index (χ2v) is 12.9. The minimum atomic E-state index is -0.233. The molecule has 1 saturated carbocycles. The van der Waals surface area contributed by atoms with Gasteiger partial charge < -0.3 is 10.2 Å². The predicted molar refractivity (Wildman–Crippen MR) is 174 cm³/mol. The molecule has 6 nitrogen and oxygen atoms in total. The summed E-state index contributed by atoms with van der Waals surface area (Å²) in [4.78, 5) is 47.6. The van der Waals surface area contributed by atoms with E-state index in [-0.39, 0.29) is 17.6 Å². The molecule has 0 spiro atoms. The van der Waals surface area contributed by atoms with Crippen LogP contribution in [0, 0.1) is 25.7 Å². The van der Waals surface area contributed by atoms with Crippen molar-refractivity contribution in [2.75, 3.05) is 16.8 Å². The molecule has 0 unspecified atom stereocenters. The number of anilines is 2. The van der Waals surface area contributed by atoms with Crippen LogP contribution >= 0.6 is 11.3 Å². The van der Waals surface area contributed by atoms with Crippen LogP contribution in [0.15, 0.2) is 72.9 Å². The zero-order valence-electron chi connectivity index (χ0n) is 24.7. The molecular weight excluding hydrogens is 554 g/mol. The number of ketones is 1. The lowest BCUT2D eigenvalue weighted by Crippen LogP contribution is -2.32. The summed E-state index contributed by atoms with van der Waals surface area (Å²) in [6, 6.07) is 20.8. The fourth-order valence-corrected chi connectivity index (χ4v) is 7.05. The van der Waals surface area contributed by atoms with Crippen LogP contribution in [0.5, 0.6) is 0 Å². The van der Waals surface area contributed by atoms with Gasteiger partial charge in [0.1, 0.15) is 0 Å². The molecule has 7 heteroatoms. The van der Waals surface area contributed by atoms with Crippen LogP contribution in [0.4, 0.5) is 11.4 Å². The van der Waals surface area contributed by atoms with E-state index >= 15 is 0 Å². The summed E-state index contributed by atoms with van der Waals surface area (Å²) in [5, 5.41) is 2.92. The largest absolute Gasteiger partial charge is 0.322 e. The van der Waals surface area contributed by atoms with Gasteiger partial charge in [-0.15, -0.1) is 11.3 Å². The molecule has 1 N–H and O–H groups in total. The molecular formula is C36H35N3O3S. The number of amides is 2. The third-order valence-corrected chi connectivity index (χ3v) is 9.61. The lowest BCUT2D eigenvalue weighted by molar-refractivity contribution is 0.0908. The molecule has 2 amide bonds. The first kappa shape index (κ1) is 28.7. The Balaban J connectivity index is 1.16. The number of thiophene rings is 1. The predicted octanol–water partition coefficient (Wildman–Crippen LogP) is 8.22. The second-order valence-electron chi connectivity index (χ2n) is 11.8. The number of para-hydroxylation sites is 1. The number of fused-ring (bicyclic) bond motifs is 1. The van der Waals surface area contributed by atoms with Crippen LogP contribution < -0.4 is 10.2 Å². The van der Waals surface area contributed by atoms with Crippen molar-refractivity contribution in [2.24, 2.45) is 11.8 Å². The highest BCUT2D eigenvalue weighted by Gasteiger charge is 2.28. The fourth-order valence-electron chi connectivity index (χ4n) is 6.05. The lowest BCUT2D eigenvalue weighted by Gasteiger charge is -2.31. The van der Waals surface area contributed by atoms with Crippen molar-refractivity contribution in [3.05, 3.63) is 111 Å². The summed E-state index contributed by atoms with van der Waals surface area (Å²) in [5.41, 5.74) is 6.21. The van der Waals surface area contributed by atoms with Crippen LogP contribution in [0.25, 0.3) is 11.6 Å². The summed E-state index contributed by atoms with van der Waals surface area (Å²) in [6.07, 6.45) is 7.50. The molecule has 1 fully saturated rings. The molecule has 3 heterocycles. The molecule has 0 saturated heterocycles. The third-order valence-electron chi connectivity index (χ3n) is 8.41. The number of pyridine rings is 1. The number of nitrogens with one attached hydrogen (secondary N) is 1. The molecule has 6 rings (SSSR count). The van der Waals surface area contributed by atoms with Crippen molar-refractivity contribution < 1.29 is 14.4 Å². The average molecular weight is 590 g/mol. The molecule has 2 aromatic carbocycles. The molecule has 0 atom stereocenters. The van der Waals surface area contributed by atoms with Crippen molar-refractivity contribution in [3.8, 4) is 0 Å². The first-order valence-electron chi connectivity index (χ1n) is 14.8. The summed E-state index contributed by atoms with van der Waals surface area (Å²) >= 11 is 1.56. The Morgan fingerprint density at radius 3 is 2.53 bits per heavy atom. The summed E-state index contributed by atoms with van der Waals surface area (Å²) in [7, 11) is 0. The van der Waals surface area contributed by atoms with Gasteiger partial charge in [-0.1, -0.05) is 25.1 Å². The molecule has 1 aliphatic carbocycles. The lowest BCUT2D eigenvalue weighted by atomic mass is 9.74. The molecule has 0 radical (unpaired) electrons. The van der Waals surface area contributed by atoms with Crippen LogP contribution in [0.1, 0.15) is 84.7 Å². The maximum Gasteiger partial charge on any atom is 0.258 e. The van der Waals surface area contributed by atoms with Gasteiger partial charge in [0.15, 0.2) is 5.78 Å². The first-order chi connectivity index (χ1) is 20.7. The van der Waals surface area contributed by atoms with Gasteiger partial charge in [-0.2, -0.15) is 0 Å². The normalized spacial score (nSPS) is 17.7. The zero-order valence-corrected chi connectivity index (χ0v) is 25.5. The van der Waals surface area contributed by atoms with E-state index in [1.54, 1.807) is 41.8 Å². The molecule has 4 aromatic rings. The Morgan fingerprint density at radius 2 is 1.77 bits per heavy atom. The van der Waals surface area contributed by atoms with Crippen LogP contribution in [0.3, 0.4) is 0 Å². The quantitative estimate of drug-likeness (QED) is 0.220. The molecule has 43 heavy (non-hydrogen) atoms. The molecule has 1 aliphatic heterocycles. The second kappa shape index (κ2) is 12.1. The highest BCUT2D eigenvalue weighted by Crippen LogP contribution is 2.39. The standard InChI is InChI=1S/C36H35N3O3S/c1-22-16-25(17-22)19-32(40)34-13-12-33(43-34)28-14-15-39(31-7-5-4-6-27(31)20-28)36(42)26-8-10-29(11-9-26)38-35(41)30-18-23(2)21-37-24(30)3/h4-13,18,20-22,25H,14-17,19H2,1-3H3,(H,38,41). The monoisotopic (exact) mass is 589 g/mol. The Kier molecular flexibility index (Phi) is 8.08. The first-order valence-corrected chi connectivity index (χ1v) is 15.7. The van der Waals surface area contributed by atoms with E-state index in [0.29, 0.717) is 47.8 Å². The number of Topliss-reactive ketones (excluding diaryl/α,β-unsaturated/α-hetero) is 1. The SMILES string of the molecule is Cc1cnc(C)c(C(=O)Nc2ccc(C(=O)N3CCC(c4ccc(C(=O)CC5CC(C)C5)s4)=Cc4ccccc43)cc2)c1. The summed E-state index contributed by atoms with van der Waals surface area (Å²) in [5.74, 6) is 1.17. The van der Waals surface area contributed by atoms with Crippen LogP contribution in [-0.4, -0.2) is 29.1 Å². The van der Waals surface area contributed by atoms with E-state index in [9.17, 15) is 14.4 Å². The van der Waals surface area contributed by atoms with Crippen molar-refractivity contribution in [2.45, 2.75) is 46.5 Å². The van der Waals surface area contributed by atoms with E-state index in [4.69, 9.17) is 0 Å². The van der Waals surface area contributed by atoms with Crippen LogP contribution in [0.2, 0.25) is 0 Å². The number of aromatic nitrogens is 1. The number of carbonyl (C=O) groups excluding carboxylic acids is 3. The number of benzene rings is 2. The molecule has 218 valence electrons. The Bertz CT molecular complexity index is 1730. The number of hydrogen-bond acceptors (Lipinski definition) is 5. The Morgan fingerprint density at radius 1 is 1.00 bits per heavy atom. The van der Waals surface area contributed by atoms with Gasteiger partial charge in [0.2, 0.25) is 0 Å². The Hall–Kier alpha value is -4.36. The number of carbonyl (C=O) groups is 3. The highest BCUT2D eigenvalue weighted by molar-refractivity contribution is 7.15. The smallest absolute Gasteiger partial charge is 0.258 e. The van der Waals surface area contributed by atoms with Crippen molar-refractivity contribution in [1.82, 2.24) is 4.98 Å². The summed E-state index contributed by atoms with van der Waals surface area (Å²) in [6.45, 7) is 6.47. The minimum Gasteiger partial charge on any atom is -0.322 e. The number of aryl methyl sites for hydroxylation is 2. The minimum absolute atomic E-state index is 0.101. The van der Waals surface area contributed by atoms with Gasteiger partial charge >= 0.3 is 0 Å². The number of nitrogens with zero attached hydrogens (tertiary/aromatic N) is 2. The number of hydrogen-bond donors (Lipinski definition) is 1. The maximum atomic E-state index is 13.8. The van der Waals surface area contributed by atoms with Gasteiger partial charge in [0.05, 0.1) is 16.1 Å². The maximum absolute atomic E-state index is 13.8. The highest BCUT2D eigenvalue weighted by atomic mass is 32.1. The molecule has 0 bridgehead atoms. The van der Waals surface area contributed by atoms with E-state index in [1.807, 2.05) is 55.1 Å². The topological polar surface area (TPSA) is 79.4 Å². The van der Waals surface area contributed by atoms with Crippen molar-refractivity contribution in [1.29, 1.82) is 0 Å². The fraction of sp³-hybridized carbons (Fsp3) is 0.278. The van der Waals surface area contributed by atoms with Gasteiger partial charge in [-0.25, -0.2) is 0 Å². The Labute approximate surface area is 256 Å². The van der Waals surface area contributed by atoms with E-state index in [0.717, 1.165) is 50.9 Å².